The Morgan fingerprint density at radius 2 is 1.69 bits per heavy atom. The molecule has 0 unspecified atom stereocenters. The van der Waals surface area contributed by atoms with Crippen LogP contribution in [0.4, 0.5) is 16.5 Å². The van der Waals surface area contributed by atoms with Crippen molar-refractivity contribution in [1.29, 1.82) is 0 Å². The second-order valence-electron chi connectivity index (χ2n) is 6.01. The lowest BCUT2D eigenvalue weighted by atomic mass is 10.1. The highest BCUT2D eigenvalue weighted by Gasteiger charge is 2.22. The van der Waals surface area contributed by atoms with Crippen molar-refractivity contribution in [2.45, 2.75) is 18.2 Å². The van der Waals surface area contributed by atoms with Gasteiger partial charge in [-0.3, -0.25) is 19.6 Å². The molecular formula is C18H17N5O4S2. The first-order valence-corrected chi connectivity index (χ1v) is 10.7. The lowest BCUT2D eigenvalue weighted by molar-refractivity contribution is -0.114. The van der Waals surface area contributed by atoms with Crippen LogP contribution in [-0.4, -0.2) is 30.4 Å². The summed E-state index contributed by atoms with van der Waals surface area (Å²) < 4.78 is 27.2. The monoisotopic (exact) mass is 431 g/mol. The van der Waals surface area contributed by atoms with Gasteiger partial charge in [-0.05, 0) is 36.8 Å². The molecule has 9 nitrogen and oxygen atoms in total. The summed E-state index contributed by atoms with van der Waals surface area (Å²) in [6, 6.07) is 13.2. The van der Waals surface area contributed by atoms with Gasteiger partial charge in [0.15, 0.2) is 0 Å². The Hall–Kier alpha value is -3.31. The smallest absolute Gasteiger partial charge is 0.291 e. The molecule has 29 heavy (non-hydrogen) atoms. The summed E-state index contributed by atoms with van der Waals surface area (Å²) in [5.41, 5.74) is 1.93. The van der Waals surface area contributed by atoms with Gasteiger partial charge >= 0.3 is 0 Å². The van der Waals surface area contributed by atoms with E-state index in [0.29, 0.717) is 11.3 Å². The van der Waals surface area contributed by atoms with Crippen molar-refractivity contribution < 1.29 is 18.0 Å². The summed E-state index contributed by atoms with van der Waals surface area (Å²) in [7, 11) is -4.02. The third-order valence-corrected chi connectivity index (χ3v) is 6.27. The largest absolute Gasteiger partial charge is 0.326 e. The minimum Gasteiger partial charge on any atom is -0.326 e. The van der Waals surface area contributed by atoms with Crippen molar-refractivity contribution in [2.75, 3.05) is 15.4 Å². The molecule has 0 saturated carbocycles. The van der Waals surface area contributed by atoms with Gasteiger partial charge in [0.25, 0.3) is 20.3 Å². The van der Waals surface area contributed by atoms with E-state index in [9.17, 15) is 18.0 Å². The van der Waals surface area contributed by atoms with E-state index in [1.54, 1.807) is 37.3 Å². The Balaban J connectivity index is 1.74. The van der Waals surface area contributed by atoms with Gasteiger partial charge in [-0.15, -0.1) is 10.2 Å². The highest BCUT2D eigenvalue weighted by Crippen LogP contribution is 2.24. The van der Waals surface area contributed by atoms with E-state index in [4.69, 9.17) is 0 Å². The van der Waals surface area contributed by atoms with Crippen LogP contribution in [0.15, 0.2) is 52.9 Å². The molecule has 0 aliphatic heterocycles. The molecule has 3 rings (SSSR count). The number of amides is 2. The number of carbonyl (C=O) groups is 2. The third-order valence-electron chi connectivity index (χ3n) is 3.68. The van der Waals surface area contributed by atoms with Gasteiger partial charge in [-0.2, -0.15) is 8.42 Å². The molecule has 0 saturated heterocycles. The van der Waals surface area contributed by atoms with Crippen molar-refractivity contribution in [3.63, 3.8) is 0 Å². The summed E-state index contributed by atoms with van der Waals surface area (Å²) in [6.45, 7) is 3.15. The fourth-order valence-corrected chi connectivity index (χ4v) is 4.37. The Morgan fingerprint density at radius 3 is 2.41 bits per heavy atom. The van der Waals surface area contributed by atoms with Crippen molar-refractivity contribution in [3.05, 3.63) is 59.7 Å². The zero-order valence-corrected chi connectivity index (χ0v) is 17.1. The number of hydrogen-bond acceptors (Lipinski definition) is 7. The van der Waals surface area contributed by atoms with Crippen LogP contribution in [0.3, 0.4) is 0 Å². The Kier molecular flexibility index (Phi) is 5.89. The van der Waals surface area contributed by atoms with E-state index >= 15 is 0 Å². The molecule has 11 heteroatoms. The second kappa shape index (κ2) is 8.37. The highest BCUT2D eigenvalue weighted by atomic mass is 32.2. The average molecular weight is 431 g/mol. The summed E-state index contributed by atoms with van der Waals surface area (Å²) in [4.78, 5) is 23.5. The number of nitrogens with zero attached hydrogens (tertiary/aromatic N) is 2. The SMILES string of the molecule is CC(=O)Nc1cccc(NS(=O)(=O)c2nnc(NC(=O)c3ccccc3C)s2)c1. The number of sulfonamides is 1. The molecule has 0 aliphatic carbocycles. The van der Waals surface area contributed by atoms with E-state index in [1.165, 1.54) is 19.1 Å². The summed E-state index contributed by atoms with van der Waals surface area (Å²) in [6.07, 6.45) is 0. The van der Waals surface area contributed by atoms with Crippen LogP contribution in [0.25, 0.3) is 0 Å². The molecular weight excluding hydrogens is 414 g/mol. The maximum atomic E-state index is 12.6. The van der Waals surface area contributed by atoms with Crippen molar-refractivity contribution in [3.8, 4) is 0 Å². The predicted molar refractivity (Wildman–Crippen MR) is 111 cm³/mol. The van der Waals surface area contributed by atoms with Gasteiger partial charge < -0.3 is 5.32 Å². The molecule has 0 radical (unpaired) electrons. The number of aryl methyl sites for hydroxylation is 1. The van der Waals surface area contributed by atoms with Gasteiger partial charge in [0.2, 0.25) is 11.0 Å². The molecule has 2 aromatic carbocycles. The predicted octanol–water partition coefficient (Wildman–Crippen LogP) is 2.86. The molecule has 0 fully saturated rings. The molecule has 0 atom stereocenters. The van der Waals surface area contributed by atoms with Crippen LogP contribution >= 0.6 is 11.3 Å². The number of carbonyl (C=O) groups excluding carboxylic acids is 2. The Labute approximate surface area is 171 Å². The molecule has 3 N–H and O–H groups in total. The first-order valence-electron chi connectivity index (χ1n) is 8.35. The van der Waals surface area contributed by atoms with Crippen molar-refractivity contribution in [1.82, 2.24) is 10.2 Å². The Morgan fingerprint density at radius 1 is 0.966 bits per heavy atom. The standard InChI is InChI=1S/C18H17N5O4S2/c1-11-6-3-4-9-15(11)16(25)20-17-21-22-18(28-17)29(26,27)23-14-8-5-7-13(10-14)19-12(2)24/h3-10,23H,1-2H3,(H,19,24)(H,20,21,25). The van der Waals surface area contributed by atoms with Crippen LogP contribution < -0.4 is 15.4 Å². The highest BCUT2D eigenvalue weighted by molar-refractivity contribution is 7.94. The normalized spacial score (nSPS) is 11.0. The molecule has 0 spiro atoms. The fraction of sp³-hybridized carbons (Fsp3) is 0.111. The van der Waals surface area contributed by atoms with Gasteiger partial charge in [0, 0.05) is 18.2 Å². The van der Waals surface area contributed by atoms with Gasteiger partial charge in [-0.1, -0.05) is 35.6 Å². The minimum atomic E-state index is -4.02. The zero-order valence-electron chi connectivity index (χ0n) is 15.5. The first kappa shape index (κ1) is 20.4. The van der Waals surface area contributed by atoms with Crippen LogP contribution in [0.2, 0.25) is 0 Å². The lowest BCUT2D eigenvalue weighted by Gasteiger charge is -2.07. The third kappa shape index (κ3) is 5.15. The topological polar surface area (TPSA) is 130 Å². The number of aromatic nitrogens is 2. The van der Waals surface area contributed by atoms with Crippen molar-refractivity contribution in [2.24, 2.45) is 0 Å². The quantitative estimate of drug-likeness (QED) is 0.515. The number of nitrogens with one attached hydrogen (secondary N) is 3. The molecule has 150 valence electrons. The van der Waals surface area contributed by atoms with E-state index in [-0.39, 0.29) is 21.1 Å². The number of rotatable bonds is 6. The molecule has 1 aromatic heterocycles. The van der Waals surface area contributed by atoms with E-state index in [1.807, 2.05) is 6.07 Å². The fourth-order valence-electron chi connectivity index (χ4n) is 2.42. The minimum absolute atomic E-state index is 0.0608. The van der Waals surface area contributed by atoms with Crippen LogP contribution in [0, 0.1) is 6.92 Å². The van der Waals surface area contributed by atoms with Gasteiger partial charge in [0.05, 0.1) is 5.69 Å². The maximum Gasteiger partial charge on any atom is 0.291 e. The molecule has 1 heterocycles. The van der Waals surface area contributed by atoms with Crippen molar-refractivity contribution >= 4 is 49.7 Å². The summed E-state index contributed by atoms with van der Waals surface area (Å²) in [5, 5.41) is 12.6. The van der Waals surface area contributed by atoms with E-state index in [2.05, 4.69) is 25.6 Å². The Bertz CT molecular complexity index is 1170. The molecule has 0 aliphatic rings. The number of anilines is 3. The zero-order chi connectivity index (χ0) is 21.0. The summed E-state index contributed by atoms with van der Waals surface area (Å²) in [5.74, 6) is -0.678. The summed E-state index contributed by atoms with van der Waals surface area (Å²) >= 11 is 0.728. The molecule has 3 aromatic rings. The van der Waals surface area contributed by atoms with Gasteiger partial charge in [-0.25, -0.2) is 0 Å². The molecule has 2 amide bonds. The average Bonchev–Trinajstić information content (AvgIpc) is 3.11. The van der Waals surface area contributed by atoms with Crippen LogP contribution in [0.1, 0.15) is 22.8 Å². The number of hydrogen-bond donors (Lipinski definition) is 3. The van der Waals surface area contributed by atoms with E-state index in [0.717, 1.165) is 16.9 Å². The lowest BCUT2D eigenvalue weighted by Crippen LogP contribution is -2.13. The van der Waals surface area contributed by atoms with Crippen LogP contribution in [0.5, 0.6) is 0 Å². The van der Waals surface area contributed by atoms with Gasteiger partial charge in [0.1, 0.15) is 0 Å². The maximum absolute atomic E-state index is 12.6. The van der Waals surface area contributed by atoms with E-state index < -0.39 is 15.9 Å². The first-order chi connectivity index (χ1) is 13.7. The van der Waals surface area contributed by atoms with Crippen LogP contribution in [-0.2, 0) is 14.8 Å². The number of benzene rings is 2. The second-order valence-corrected chi connectivity index (χ2v) is 8.84. The molecule has 0 bridgehead atoms.